The standard InChI is InChI=1S/C15H21Cl2N3O/c1-10(11-2-3-13(16)14(17)8-11)19-15(21)9-20-6-4-12(18)5-7-20/h2-3,8,10,12H,4-7,9,18H2,1H3,(H,19,21). The van der Waals surface area contributed by atoms with E-state index in [-0.39, 0.29) is 18.0 Å². The minimum absolute atomic E-state index is 0.0176. The van der Waals surface area contributed by atoms with E-state index in [9.17, 15) is 4.79 Å². The van der Waals surface area contributed by atoms with Crippen LogP contribution in [0.4, 0.5) is 0 Å². The zero-order valence-electron chi connectivity index (χ0n) is 12.1. The zero-order chi connectivity index (χ0) is 15.4. The van der Waals surface area contributed by atoms with Gasteiger partial charge in [0.1, 0.15) is 0 Å². The van der Waals surface area contributed by atoms with Crippen LogP contribution in [0.5, 0.6) is 0 Å². The molecular formula is C15H21Cl2N3O. The Bertz CT molecular complexity index is 502. The van der Waals surface area contributed by atoms with Gasteiger partial charge in [0.2, 0.25) is 5.91 Å². The highest BCUT2D eigenvalue weighted by molar-refractivity contribution is 6.42. The second kappa shape index (κ2) is 7.45. The van der Waals surface area contributed by atoms with Gasteiger partial charge in [-0.05, 0) is 37.5 Å². The topological polar surface area (TPSA) is 58.4 Å². The number of hydrogen-bond acceptors (Lipinski definition) is 3. The molecule has 1 unspecified atom stereocenters. The van der Waals surface area contributed by atoms with Crippen molar-refractivity contribution in [3.8, 4) is 0 Å². The second-order valence-electron chi connectivity index (χ2n) is 5.58. The predicted octanol–water partition coefficient (Wildman–Crippen LogP) is 2.59. The fourth-order valence-corrected chi connectivity index (χ4v) is 2.77. The number of hydrogen-bond donors (Lipinski definition) is 2. The van der Waals surface area contributed by atoms with Crippen molar-refractivity contribution in [3.63, 3.8) is 0 Å². The Hall–Kier alpha value is -0.810. The Labute approximate surface area is 135 Å². The maximum atomic E-state index is 12.1. The Morgan fingerprint density at radius 3 is 2.67 bits per heavy atom. The fraction of sp³-hybridized carbons (Fsp3) is 0.533. The molecule has 1 aromatic carbocycles. The summed E-state index contributed by atoms with van der Waals surface area (Å²) in [5.41, 5.74) is 6.80. The highest BCUT2D eigenvalue weighted by atomic mass is 35.5. The van der Waals surface area contributed by atoms with E-state index in [0.29, 0.717) is 16.6 Å². The van der Waals surface area contributed by atoms with Gasteiger partial charge in [-0.25, -0.2) is 0 Å². The van der Waals surface area contributed by atoms with Gasteiger partial charge in [0.15, 0.2) is 0 Å². The average molecular weight is 330 g/mol. The summed E-state index contributed by atoms with van der Waals surface area (Å²) in [5.74, 6) is 0.0176. The van der Waals surface area contributed by atoms with Crippen molar-refractivity contribution in [1.82, 2.24) is 10.2 Å². The van der Waals surface area contributed by atoms with Crippen molar-refractivity contribution in [3.05, 3.63) is 33.8 Å². The molecule has 0 bridgehead atoms. The molecule has 1 fully saturated rings. The lowest BCUT2D eigenvalue weighted by Gasteiger charge is -2.29. The molecule has 1 amide bonds. The van der Waals surface area contributed by atoms with Gasteiger partial charge in [-0.1, -0.05) is 29.3 Å². The Morgan fingerprint density at radius 1 is 1.38 bits per heavy atom. The molecule has 3 N–H and O–H groups in total. The van der Waals surface area contributed by atoms with Gasteiger partial charge in [0.05, 0.1) is 22.6 Å². The molecule has 1 saturated heterocycles. The normalized spacial score (nSPS) is 18.5. The quantitative estimate of drug-likeness (QED) is 0.892. The lowest BCUT2D eigenvalue weighted by Crippen LogP contribution is -2.44. The first-order chi connectivity index (χ1) is 9.95. The number of carbonyl (C=O) groups is 1. The number of benzene rings is 1. The summed E-state index contributed by atoms with van der Waals surface area (Å²) in [6, 6.07) is 5.58. The number of halogens is 2. The Balaban J connectivity index is 1.85. The molecule has 4 nitrogen and oxygen atoms in total. The fourth-order valence-electron chi connectivity index (χ4n) is 2.47. The largest absolute Gasteiger partial charge is 0.348 e. The van der Waals surface area contributed by atoms with Crippen molar-refractivity contribution in [1.29, 1.82) is 0 Å². The first-order valence-corrected chi connectivity index (χ1v) is 7.93. The van der Waals surface area contributed by atoms with Crippen LogP contribution in [-0.2, 0) is 4.79 Å². The number of nitrogens with zero attached hydrogens (tertiary/aromatic N) is 1. The maximum Gasteiger partial charge on any atom is 0.234 e. The monoisotopic (exact) mass is 329 g/mol. The van der Waals surface area contributed by atoms with E-state index in [4.69, 9.17) is 28.9 Å². The molecule has 1 aliphatic heterocycles. The molecule has 0 radical (unpaired) electrons. The first kappa shape index (κ1) is 16.6. The molecule has 0 aliphatic carbocycles. The minimum atomic E-state index is -0.0979. The van der Waals surface area contributed by atoms with Gasteiger partial charge in [-0.15, -0.1) is 0 Å². The highest BCUT2D eigenvalue weighted by Crippen LogP contribution is 2.25. The van der Waals surface area contributed by atoms with Crippen LogP contribution in [0.15, 0.2) is 18.2 Å². The van der Waals surface area contributed by atoms with Crippen LogP contribution in [0.3, 0.4) is 0 Å². The van der Waals surface area contributed by atoms with Crippen molar-refractivity contribution in [2.75, 3.05) is 19.6 Å². The van der Waals surface area contributed by atoms with Crippen LogP contribution in [0.1, 0.15) is 31.4 Å². The molecule has 6 heteroatoms. The van der Waals surface area contributed by atoms with Crippen molar-refractivity contribution in [2.24, 2.45) is 5.73 Å². The molecule has 0 spiro atoms. The number of rotatable bonds is 4. The number of nitrogens with two attached hydrogens (primary N) is 1. The van der Waals surface area contributed by atoms with E-state index >= 15 is 0 Å². The molecule has 2 rings (SSSR count). The van der Waals surface area contributed by atoms with Gasteiger partial charge in [0, 0.05) is 19.1 Å². The van der Waals surface area contributed by atoms with E-state index in [1.54, 1.807) is 12.1 Å². The third-order valence-corrected chi connectivity index (χ3v) is 4.56. The summed E-state index contributed by atoms with van der Waals surface area (Å²) in [4.78, 5) is 14.2. The van der Waals surface area contributed by atoms with E-state index < -0.39 is 0 Å². The van der Waals surface area contributed by atoms with Crippen LogP contribution >= 0.6 is 23.2 Å². The third-order valence-electron chi connectivity index (χ3n) is 3.82. The highest BCUT2D eigenvalue weighted by Gasteiger charge is 2.19. The summed E-state index contributed by atoms with van der Waals surface area (Å²) in [7, 11) is 0. The van der Waals surface area contributed by atoms with Gasteiger partial charge < -0.3 is 11.1 Å². The predicted molar refractivity (Wildman–Crippen MR) is 86.7 cm³/mol. The molecule has 1 heterocycles. The van der Waals surface area contributed by atoms with Gasteiger partial charge in [0.25, 0.3) is 0 Å². The van der Waals surface area contributed by atoms with Gasteiger partial charge >= 0.3 is 0 Å². The van der Waals surface area contributed by atoms with Crippen LogP contribution in [0, 0.1) is 0 Å². The summed E-state index contributed by atoms with van der Waals surface area (Å²) in [6.07, 6.45) is 1.91. The molecule has 0 aromatic heterocycles. The molecule has 1 aliphatic rings. The van der Waals surface area contributed by atoms with Crippen LogP contribution in [0.25, 0.3) is 0 Å². The molecule has 1 aromatic rings. The SMILES string of the molecule is CC(NC(=O)CN1CCC(N)CC1)c1ccc(Cl)c(Cl)c1. The summed E-state index contributed by atoms with van der Waals surface area (Å²) in [6.45, 7) is 4.12. The van der Waals surface area contributed by atoms with Crippen LogP contribution in [-0.4, -0.2) is 36.5 Å². The lowest BCUT2D eigenvalue weighted by molar-refractivity contribution is -0.123. The molecule has 1 atom stereocenters. The number of nitrogens with one attached hydrogen (secondary N) is 1. The minimum Gasteiger partial charge on any atom is -0.348 e. The second-order valence-corrected chi connectivity index (χ2v) is 6.39. The smallest absolute Gasteiger partial charge is 0.234 e. The molecule has 0 saturated carbocycles. The number of likely N-dealkylation sites (tertiary alicyclic amines) is 1. The van der Waals surface area contributed by atoms with E-state index in [1.165, 1.54) is 0 Å². The Kier molecular flexibility index (Phi) is 5.88. The summed E-state index contributed by atoms with van der Waals surface area (Å²) in [5, 5.41) is 4.01. The van der Waals surface area contributed by atoms with Gasteiger partial charge in [-0.3, -0.25) is 9.69 Å². The molecular weight excluding hydrogens is 309 g/mol. The van der Waals surface area contributed by atoms with Crippen molar-refractivity contribution >= 4 is 29.1 Å². The summed E-state index contributed by atoms with van der Waals surface area (Å²) < 4.78 is 0. The van der Waals surface area contributed by atoms with E-state index in [2.05, 4.69) is 10.2 Å². The zero-order valence-corrected chi connectivity index (χ0v) is 13.6. The number of carbonyl (C=O) groups excluding carboxylic acids is 1. The summed E-state index contributed by atoms with van der Waals surface area (Å²) >= 11 is 11.9. The number of piperidine rings is 1. The number of amides is 1. The third kappa shape index (κ3) is 4.85. The van der Waals surface area contributed by atoms with E-state index in [1.807, 2.05) is 13.0 Å². The molecule has 116 valence electrons. The maximum absolute atomic E-state index is 12.1. The van der Waals surface area contributed by atoms with E-state index in [0.717, 1.165) is 31.5 Å². The van der Waals surface area contributed by atoms with Gasteiger partial charge in [-0.2, -0.15) is 0 Å². The first-order valence-electron chi connectivity index (χ1n) is 7.18. The molecule has 21 heavy (non-hydrogen) atoms. The Morgan fingerprint density at radius 2 is 2.05 bits per heavy atom. The lowest BCUT2D eigenvalue weighted by atomic mass is 10.1. The van der Waals surface area contributed by atoms with Crippen LogP contribution in [0.2, 0.25) is 10.0 Å². The van der Waals surface area contributed by atoms with Crippen LogP contribution < -0.4 is 11.1 Å². The van der Waals surface area contributed by atoms with Crippen molar-refractivity contribution in [2.45, 2.75) is 31.8 Å². The average Bonchev–Trinajstić information content (AvgIpc) is 2.44. The van der Waals surface area contributed by atoms with Crippen molar-refractivity contribution < 1.29 is 4.79 Å².